The molecule has 4 rings (SSSR count). The van der Waals surface area contributed by atoms with Crippen molar-refractivity contribution in [1.29, 1.82) is 0 Å². The number of hydrogen-bond acceptors (Lipinski definition) is 5. The number of benzene rings is 4. The van der Waals surface area contributed by atoms with Gasteiger partial charge in [-0.05, 0) is 90.3 Å². The largest absolute Gasteiger partial charge is 0.496 e. The molecular formula is C35H37BrFN3O5S. The maximum atomic E-state index is 14.5. The van der Waals surface area contributed by atoms with Crippen LogP contribution in [-0.2, 0) is 32.6 Å². The summed E-state index contributed by atoms with van der Waals surface area (Å²) in [6, 6.07) is 24.8. The smallest absolute Gasteiger partial charge is 0.264 e. The van der Waals surface area contributed by atoms with Crippen LogP contribution < -0.4 is 14.4 Å². The van der Waals surface area contributed by atoms with Crippen LogP contribution >= 0.6 is 15.9 Å². The quantitative estimate of drug-likeness (QED) is 0.177. The van der Waals surface area contributed by atoms with Crippen molar-refractivity contribution in [2.45, 2.75) is 50.7 Å². The van der Waals surface area contributed by atoms with Crippen molar-refractivity contribution in [2.24, 2.45) is 0 Å². The van der Waals surface area contributed by atoms with Crippen molar-refractivity contribution in [3.05, 3.63) is 124 Å². The summed E-state index contributed by atoms with van der Waals surface area (Å²) in [5.74, 6) is -0.997. The summed E-state index contributed by atoms with van der Waals surface area (Å²) in [6.07, 6.45) is 0.176. The number of nitrogens with one attached hydrogen (secondary N) is 1. The molecule has 4 aromatic rings. The first kappa shape index (κ1) is 34.6. The lowest BCUT2D eigenvalue weighted by Gasteiger charge is -2.34. The molecular weight excluding hydrogens is 673 g/mol. The van der Waals surface area contributed by atoms with E-state index in [0.29, 0.717) is 15.8 Å². The Morgan fingerprint density at radius 3 is 2.15 bits per heavy atom. The highest BCUT2D eigenvalue weighted by atomic mass is 79.9. The van der Waals surface area contributed by atoms with Crippen molar-refractivity contribution >= 4 is 43.5 Å². The molecule has 0 fully saturated rings. The topological polar surface area (TPSA) is 96.0 Å². The van der Waals surface area contributed by atoms with Crippen LogP contribution in [0, 0.1) is 12.7 Å². The number of sulfonamides is 1. The molecule has 2 amide bonds. The average Bonchev–Trinajstić information content (AvgIpc) is 3.03. The highest BCUT2D eigenvalue weighted by molar-refractivity contribution is 9.10. The second-order valence-corrected chi connectivity index (χ2v) is 13.9. The zero-order valence-electron chi connectivity index (χ0n) is 26.1. The van der Waals surface area contributed by atoms with Gasteiger partial charge in [-0.1, -0.05) is 60.2 Å². The Kier molecular flexibility index (Phi) is 11.6. The maximum absolute atomic E-state index is 14.5. The minimum Gasteiger partial charge on any atom is -0.496 e. The first-order chi connectivity index (χ1) is 21.9. The highest BCUT2D eigenvalue weighted by Gasteiger charge is 2.35. The van der Waals surface area contributed by atoms with Crippen molar-refractivity contribution in [1.82, 2.24) is 10.2 Å². The Bertz CT molecular complexity index is 1750. The van der Waals surface area contributed by atoms with Crippen LogP contribution in [0.15, 0.2) is 106 Å². The summed E-state index contributed by atoms with van der Waals surface area (Å²) in [6.45, 7) is 4.86. The number of carbonyl (C=O) groups excluding carboxylic acids is 2. The maximum Gasteiger partial charge on any atom is 0.264 e. The summed E-state index contributed by atoms with van der Waals surface area (Å²) in [5.41, 5.74) is 2.58. The zero-order valence-corrected chi connectivity index (χ0v) is 28.5. The molecule has 0 saturated heterocycles. The molecule has 0 bridgehead atoms. The van der Waals surface area contributed by atoms with Crippen molar-refractivity contribution in [3.63, 3.8) is 0 Å². The summed E-state index contributed by atoms with van der Waals surface area (Å²) >= 11 is 3.36. The minimum atomic E-state index is -4.30. The SMILES string of the molecule is COc1ccc(S(=O)(=O)N(CC(=O)N(Cc2ccc(F)cc2)C(Cc2ccccc2)C(=O)NC(C)C)c2ccc(C)cc2)cc1Br. The fourth-order valence-electron chi connectivity index (χ4n) is 4.90. The standard InChI is InChI=1S/C35H37BrFN3O5S/c1-24(2)38-35(42)32(20-26-8-6-5-7-9-26)39(22-27-12-14-28(37)15-13-27)34(41)23-40(29-16-10-25(3)11-17-29)46(43,44)30-18-19-33(45-4)31(36)21-30/h5-19,21,24,32H,20,22-23H2,1-4H3,(H,38,42). The van der Waals surface area contributed by atoms with Crippen LogP contribution in [0.4, 0.5) is 10.1 Å². The van der Waals surface area contributed by atoms with Gasteiger partial charge >= 0.3 is 0 Å². The number of carbonyl (C=O) groups is 2. The molecule has 4 aromatic carbocycles. The van der Waals surface area contributed by atoms with Crippen LogP contribution in [0.25, 0.3) is 0 Å². The lowest BCUT2D eigenvalue weighted by atomic mass is 10.0. The van der Waals surface area contributed by atoms with E-state index in [2.05, 4.69) is 21.2 Å². The Labute approximate surface area is 278 Å². The summed E-state index contributed by atoms with van der Waals surface area (Å²) < 4.78 is 49.0. The normalized spacial score (nSPS) is 12.0. The molecule has 46 heavy (non-hydrogen) atoms. The van der Waals surface area contributed by atoms with E-state index in [1.54, 1.807) is 36.4 Å². The number of nitrogens with zero attached hydrogens (tertiary/aromatic N) is 2. The molecule has 1 N–H and O–H groups in total. The van der Waals surface area contributed by atoms with Crippen molar-refractivity contribution in [3.8, 4) is 5.75 Å². The molecule has 0 heterocycles. The Morgan fingerprint density at radius 1 is 0.913 bits per heavy atom. The van der Waals surface area contributed by atoms with Crippen LogP contribution in [0.1, 0.15) is 30.5 Å². The fourth-order valence-corrected chi connectivity index (χ4v) is 7.03. The molecule has 1 atom stereocenters. The summed E-state index contributed by atoms with van der Waals surface area (Å²) in [7, 11) is -2.82. The van der Waals surface area contributed by atoms with E-state index < -0.39 is 40.2 Å². The monoisotopic (exact) mass is 709 g/mol. The van der Waals surface area contributed by atoms with Gasteiger partial charge in [-0.25, -0.2) is 12.8 Å². The van der Waals surface area contributed by atoms with Gasteiger partial charge in [0, 0.05) is 19.0 Å². The van der Waals surface area contributed by atoms with Crippen LogP contribution in [0.2, 0.25) is 0 Å². The van der Waals surface area contributed by atoms with Gasteiger partial charge in [0.1, 0.15) is 24.2 Å². The summed E-state index contributed by atoms with van der Waals surface area (Å²) in [4.78, 5) is 29.5. The average molecular weight is 711 g/mol. The number of aryl methyl sites for hydroxylation is 1. The minimum absolute atomic E-state index is 0.0575. The second kappa shape index (κ2) is 15.4. The van der Waals surface area contributed by atoms with Gasteiger partial charge in [-0.3, -0.25) is 13.9 Å². The molecule has 11 heteroatoms. The van der Waals surface area contributed by atoms with Gasteiger partial charge in [0.25, 0.3) is 10.0 Å². The van der Waals surface area contributed by atoms with E-state index in [-0.39, 0.29) is 29.6 Å². The summed E-state index contributed by atoms with van der Waals surface area (Å²) in [5, 5.41) is 2.92. The zero-order chi connectivity index (χ0) is 33.4. The Hall–Kier alpha value is -4.22. The predicted molar refractivity (Wildman–Crippen MR) is 181 cm³/mol. The molecule has 0 aromatic heterocycles. The molecule has 0 radical (unpaired) electrons. The second-order valence-electron chi connectivity index (χ2n) is 11.2. The molecule has 1 unspecified atom stereocenters. The van der Waals surface area contributed by atoms with Crippen LogP contribution in [0.5, 0.6) is 5.75 Å². The lowest BCUT2D eigenvalue weighted by Crippen LogP contribution is -2.54. The van der Waals surface area contributed by atoms with E-state index in [1.807, 2.05) is 51.1 Å². The van der Waals surface area contributed by atoms with Gasteiger partial charge in [-0.15, -0.1) is 0 Å². The van der Waals surface area contributed by atoms with Crippen molar-refractivity contribution < 1.29 is 27.1 Å². The Balaban J connectivity index is 1.81. The number of ether oxygens (including phenoxy) is 1. The van der Waals surface area contributed by atoms with E-state index in [1.165, 1.54) is 42.3 Å². The number of hydrogen-bond donors (Lipinski definition) is 1. The van der Waals surface area contributed by atoms with Gasteiger partial charge in [-0.2, -0.15) is 0 Å². The first-order valence-electron chi connectivity index (χ1n) is 14.7. The third-order valence-electron chi connectivity index (χ3n) is 7.28. The molecule has 8 nitrogen and oxygen atoms in total. The molecule has 0 aliphatic rings. The van der Waals surface area contributed by atoms with Gasteiger partial charge in [0.2, 0.25) is 11.8 Å². The third-order valence-corrected chi connectivity index (χ3v) is 9.67. The van der Waals surface area contributed by atoms with Crippen LogP contribution in [0.3, 0.4) is 0 Å². The van der Waals surface area contributed by atoms with Crippen molar-refractivity contribution in [2.75, 3.05) is 18.0 Å². The molecule has 0 saturated carbocycles. The molecule has 0 spiro atoms. The predicted octanol–water partition coefficient (Wildman–Crippen LogP) is 6.27. The number of anilines is 1. The molecule has 0 aliphatic heterocycles. The number of halogens is 2. The highest BCUT2D eigenvalue weighted by Crippen LogP contribution is 2.31. The van der Waals surface area contributed by atoms with Gasteiger partial charge < -0.3 is 15.0 Å². The molecule has 242 valence electrons. The number of methoxy groups -OCH3 is 1. The van der Waals surface area contributed by atoms with Gasteiger partial charge in [0.05, 0.1) is 22.2 Å². The molecule has 0 aliphatic carbocycles. The van der Waals surface area contributed by atoms with E-state index in [9.17, 15) is 22.4 Å². The number of amides is 2. The lowest BCUT2D eigenvalue weighted by molar-refractivity contribution is -0.140. The van der Waals surface area contributed by atoms with E-state index in [0.717, 1.165) is 15.4 Å². The third kappa shape index (κ3) is 8.73. The van der Waals surface area contributed by atoms with Crippen LogP contribution in [-0.4, -0.2) is 50.9 Å². The fraction of sp³-hybridized carbons (Fsp3) is 0.257. The van der Waals surface area contributed by atoms with Gasteiger partial charge in [0.15, 0.2) is 0 Å². The number of rotatable bonds is 13. The van der Waals surface area contributed by atoms with E-state index >= 15 is 0 Å². The first-order valence-corrected chi connectivity index (χ1v) is 16.9. The van der Waals surface area contributed by atoms with E-state index in [4.69, 9.17) is 4.74 Å². The Morgan fingerprint density at radius 2 is 1.57 bits per heavy atom.